The third-order valence-electron chi connectivity index (χ3n) is 2.27. The Morgan fingerprint density at radius 1 is 1.29 bits per heavy atom. The first-order chi connectivity index (χ1) is 8.24. The van der Waals surface area contributed by atoms with Crippen LogP contribution >= 0.6 is 0 Å². The van der Waals surface area contributed by atoms with Crippen LogP contribution in [0.4, 0.5) is 0 Å². The minimum absolute atomic E-state index is 0.350. The van der Waals surface area contributed by atoms with Gasteiger partial charge in [-0.2, -0.15) is 0 Å². The summed E-state index contributed by atoms with van der Waals surface area (Å²) in [5.41, 5.74) is 9.03. The molecule has 0 radical (unpaired) electrons. The molecule has 0 fully saturated rings. The van der Waals surface area contributed by atoms with Crippen molar-refractivity contribution in [2.24, 2.45) is 5.73 Å². The lowest BCUT2D eigenvalue weighted by molar-refractivity contribution is 0.315. The van der Waals surface area contributed by atoms with Crippen molar-refractivity contribution < 1.29 is 14.2 Å². The normalized spacial score (nSPS) is 9.35. The van der Waals surface area contributed by atoms with Gasteiger partial charge in [-0.05, 0) is 12.1 Å². The second kappa shape index (κ2) is 6.63. The molecule has 0 heterocycles. The zero-order chi connectivity index (χ0) is 12.7. The van der Waals surface area contributed by atoms with Gasteiger partial charge in [0.15, 0.2) is 11.5 Å². The Morgan fingerprint density at radius 2 is 2.06 bits per heavy atom. The van der Waals surface area contributed by atoms with Crippen molar-refractivity contribution in [3.05, 3.63) is 36.1 Å². The van der Waals surface area contributed by atoms with Crippen LogP contribution in [-0.2, 0) is 0 Å². The first-order valence-electron chi connectivity index (χ1n) is 5.17. The first kappa shape index (κ1) is 13.2. The third-order valence-corrected chi connectivity index (χ3v) is 2.27. The van der Waals surface area contributed by atoms with E-state index in [9.17, 15) is 0 Å². The summed E-state index contributed by atoms with van der Waals surface area (Å²) in [5, 5.41) is 0. The Kier molecular flexibility index (Phi) is 5.14. The molecule has 0 aliphatic carbocycles. The SMILES string of the molecule is C=C=C(CN)COc1ccc(OC)cc1OC. The van der Waals surface area contributed by atoms with E-state index in [4.69, 9.17) is 19.9 Å². The lowest BCUT2D eigenvalue weighted by Crippen LogP contribution is -2.10. The topological polar surface area (TPSA) is 53.7 Å². The Hall–Kier alpha value is -1.90. The summed E-state index contributed by atoms with van der Waals surface area (Å²) >= 11 is 0. The molecule has 0 aromatic heterocycles. The average Bonchev–Trinajstić information content (AvgIpc) is 2.39. The highest BCUT2D eigenvalue weighted by Crippen LogP contribution is 2.31. The van der Waals surface area contributed by atoms with Crippen molar-refractivity contribution >= 4 is 0 Å². The molecule has 0 spiro atoms. The molecule has 0 bridgehead atoms. The fraction of sp³-hybridized carbons (Fsp3) is 0.308. The van der Waals surface area contributed by atoms with Crippen molar-refractivity contribution in [1.29, 1.82) is 0 Å². The van der Waals surface area contributed by atoms with Crippen molar-refractivity contribution in [2.45, 2.75) is 0 Å². The number of hydrogen-bond donors (Lipinski definition) is 1. The molecule has 0 amide bonds. The number of methoxy groups -OCH3 is 2. The van der Waals surface area contributed by atoms with Crippen molar-refractivity contribution in [1.82, 2.24) is 0 Å². The van der Waals surface area contributed by atoms with E-state index in [2.05, 4.69) is 12.3 Å². The van der Waals surface area contributed by atoms with Crippen LogP contribution < -0.4 is 19.9 Å². The Morgan fingerprint density at radius 3 is 2.59 bits per heavy atom. The Bertz CT molecular complexity index is 423. The first-order valence-corrected chi connectivity index (χ1v) is 5.17. The number of nitrogens with two attached hydrogens (primary N) is 1. The smallest absolute Gasteiger partial charge is 0.164 e. The van der Waals surface area contributed by atoms with E-state index in [1.165, 1.54) is 0 Å². The monoisotopic (exact) mass is 235 g/mol. The van der Waals surface area contributed by atoms with Crippen LogP contribution in [-0.4, -0.2) is 27.4 Å². The number of rotatable bonds is 6. The van der Waals surface area contributed by atoms with Gasteiger partial charge < -0.3 is 19.9 Å². The second-order valence-electron chi connectivity index (χ2n) is 3.29. The Labute approximate surface area is 101 Å². The number of benzene rings is 1. The molecule has 0 saturated carbocycles. The van der Waals surface area contributed by atoms with Crippen molar-refractivity contribution in [3.63, 3.8) is 0 Å². The van der Waals surface area contributed by atoms with Crippen LogP contribution in [0.1, 0.15) is 0 Å². The van der Waals surface area contributed by atoms with Crippen LogP contribution in [0.2, 0.25) is 0 Å². The zero-order valence-corrected chi connectivity index (χ0v) is 10.2. The van der Waals surface area contributed by atoms with Gasteiger partial charge in [0.1, 0.15) is 12.4 Å². The van der Waals surface area contributed by atoms with E-state index >= 15 is 0 Å². The molecule has 4 heteroatoms. The lowest BCUT2D eigenvalue weighted by Gasteiger charge is -2.12. The average molecular weight is 235 g/mol. The zero-order valence-electron chi connectivity index (χ0n) is 10.2. The van der Waals surface area contributed by atoms with Crippen LogP contribution in [0.15, 0.2) is 36.1 Å². The highest BCUT2D eigenvalue weighted by atomic mass is 16.5. The summed E-state index contributed by atoms with van der Waals surface area (Å²) in [5.74, 6) is 1.96. The summed E-state index contributed by atoms with van der Waals surface area (Å²) in [6, 6.07) is 5.35. The molecule has 0 atom stereocenters. The van der Waals surface area contributed by atoms with Gasteiger partial charge in [0, 0.05) is 18.2 Å². The molecule has 4 nitrogen and oxygen atoms in total. The van der Waals surface area contributed by atoms with Gasteiger partial charge in [-0.3, -0.25) is 0 Å². The maximum atomic E-state index is 5.57. The molecule has 0 aliphatic rings. The van der Waals surface area contributed by atoms with Gasteiger partial charge >= 0.3 is 0 Å². The van der Waals surface area contributed by atoms with Crippen LogP contribution in [0.3, 0.4) is 0 Å². The van der Waals surface area contributed by atoms with Crippen LogP contribution in [0.25, 0.3) is 0 Å². The lowest BCUT2D eigenvalue weighted by atomic mass is 10.3. The highest BCUT2D eigenvalue weighted by Gasteiger charge is 2.06. The molecule has 2 N–H and O–H groups in total. The molecular formula is C13H17NO3. The predicted molar refractivity (Wildman–Crippen MR) is 66.7 cm³/mol. The second-order valence-corrected chi connectivity index (χ2v) is 3.29. The molecule has 1 aromatic carbocycles. The van der Waals surface area contributed by atoms with Gasteiger partial charge in [-0.25, -0.2) is 0 Å². The van der Waals surface area contributed by atoms with E-state index in [1.54, 1.807) is 32.4 Å². The molecular weight excluding hydrogens is 218 g/mol. The van der Waals surface area contributed by atoms with Gasteiger partial charge in [0.2, 0.25) is 0 Å². The maximum absolute atomic E-state index is 5.57. The molecule has 0 aliphatic heterocycles. The highest BCUT2D eigenvalue weighted by molar-refractivity contribution is 5.45. The van der Waals surface area contributed by atoms with Gasteiger partial charge in [0.25, 0.3) is 0 Å². The van der Waals surface area contributed by atoms with Crippen molar-refractivity contribution in [3.8, 4) is 17.2 Å². The molecule has 92 valence electrons. The fourth-order valence-corrected chi connectivity index (χ4v) is 1.24. The fourth-order valence-electron chi connectivity index (χ4n) is 1.24. The minimum atomic E-state index is 0.350. The van der Waals surface area contributed by atoms with Crippen molar-refractivity contribution in [2.75, 3.05) is 27.4 Å². The molecule has 1 rings (SSSR count). The number of ether oxygens (including phenoxy) is 3. The summed E-state index contributed by atoms with van der Waals surface area (Å²) in [4.78, 5) is 0. The minimum Gasteiger partial charge on any atom is -0.497 e. The Balaban J connectivity index is 2.80. The molecule has 17 heavy (non-hydrogen) atoms. The third kappa shape index (κ3) is 3.55. The quantitative estimate of drug-likeness (QED) is 0.763. The van der Waals surface area contributed by atoms with Crippen LogP contribution in [0, 0.1) is 0 Å². The summed E-state index contributed by atoms with van der Waals surface area (Å²) in [6.07, 6.45) is 0. The van der Waals surface area contributed by atoms with E-state index in [-0.39, 0.29) is 0 Å². The van der Waals surface area contributed by atoms with E-state index < -0.39 is 0 Å². The van der Waals surface area contributed by atoms with Gasteiger partial charge in [0.05, 0.1) is 14.2 Å². The molecule has 0 unspecified atom stereocenters. The molecule has 0 saturated heterocycles. The summed E-state index contributed by atoms with van der Waals surface area (Å²) in [7, 11) is 3.18. The standard InChI is InChI=1S/C13H17NO3/c1-4-10(8-14)9-17-12-6-5-11(15-2)7-13(12)16-3/h5-7H,1,8-9,14H2,2-3H3. The molecule has 1 aromatic rings. The van der Waals surface area contributed by atoms with Gasteiger partial charge in [-0.15, -0.1) is 5.73 Å². The largest absolute Gasteiger partial charge is 0.497 e. The van der Waals surface area contributed by atoms with Gasteiger partial charge in [-0.1, -0.05) is 6.58 Å². The predicted octanol–water partition coefficient (Wildman–Crippen LogP) is 1.75. The van der Waals surface area contributed by atoms with E-state index in [0.717, 1.165) is 5.57 Å². The number of hydrogen-bond acceptors (Lipinski definition) is 4. The van der Waals surface area contributed by atoms with Crippen LogP contribution in [0.5, 0.6) is 17.2 Å². The van der Waals surface area contributed by atoms with E-state index in [0.29, 0.717) is 30.4 Å². The summed E-state index contributed by atoms with van der Waals surface area (Å²) in [6.45, 7) is 4.27. The van der Waals surface area contributed by atoms with E-state index in [1.807, 2.05) is 0 Å². The summed E-state index contributed by atoms with van der Waals surface area (Å²) < 4.78 is 15.9. The maximum Gasteiger partial charge on any atom is 0.164 e.